The third-order valence-electron chi connectivity index (χ3n) is 6.65. The first-order chi connectivity index (χ1) is 11.0. The predicted octanol–water partition coefficient (Wildman–Crippen LogP) is 4.05. The topological polar surface area (TPSA) is 20.3 Å². The molecule has 0 saturated heterocycles. The lowest BCUT2D eigenvalue weighted by Gasteiger charge is -2.37. The van der Waals surface area contributed by atoms with E-state index in [-0.39, 0.29) is 11.2 Å². The molecule has 4 unspecified atom stereocenters. The standard InChI is InChI=1S/C20H22FNO/c1-12-4-14-5-15-8-20(7-12,9-18(14)15)19(23)22-10-13-2-3-17(21)6-16(13)11-22/h2-4,6,12,15,18H,5,7-11H2,1H3. The fraction of sp³-hybridized carbons (Fsp3) is 0.550. The fourth-order valence-electron chi connectivity index (χ4n) is 5.76. The second kappa shape index (κ2) is 4.46. The smallest absolute Gasteiger partial charge is 0.229 e. The molecule has 2 fully saturated rings. The van der Waals surface area contributed by atoms with Gasteiger partial charge in [-0.25, -0.2) is 4.39 Å². The molecule has 0 N–H and O–H groups in total. The zero-order chi connectivity index (χ0) is 15.8. The summed E-state index contributed by atoms with van der Waals surface area (Å²) in [4.78, 5) is 15.4. The average molecular weight is 311 g/mol. The van der Waals surface area contributed by atoms with Crippen LogP contribution in [0.3, 0.4) is 0 Å². The summed E-state index contributed by atoms with van der Waals surface area (Å²) in [6, 6.07) is 4.93. The minimum Gasteiger partial charge on any atom is -0.334 e. The Morgan fingerprint density at radius 2 is 2.04 bits per heavy atom. The van der Waals surface area contributed by atoms with E-state index in [0.717, 1.165) is 36.3 Å². The Labute approximate surface area is 136 Å². The van der Waals surface area contributed by atoms with Gasteiger partial charge in [0.25, 0.3) is 0 Å². The highest BCUT2D eigenvalue weighted by Crippen LogP contribution is 2.63. The molecule has 0 aromatic heterocycles. The van der Waals surface area contributed by atoms with E-state index in [0.29, 0.717) is 30.8 Å². The van der Waals surface area contributed by atoms with Gasteiger partial charge in [-0.05, 0) is 66.7 Å². The predicted molar refractivity (Wildman–Crippen MR) is 85.8 cm³/mol. The highest BCUT2D eigenvalue weighted by molar-refractivity contribution is 5.84. The molecule has 120 valence electrons. The van der Waals surface area contributed by atoms with Crippen molar-refractivity contribution in [3.05, 3.63) is 46.8 Å². The maximum absolute atomic E-state index is 13.4. The molecule has 3 heteroatoms. The quantitative estimate of drug-likeness (QED) is 0.717. The van der Waals surface area contributed by atoms with Crippen LogP contribution in [0.5, 0.6) is 0 Å². The molecule has 4 atom stereocenters. The molecule has 2 bridgehead atoms. The number of carbonyl (C=O) groups excluding carboxylic acids is 1. The SMILES string of the molecule is CC1C=C2CC3CC(C(=O)N4Cc5ccc(F)cc5C4)(C1)CC23. The van der Waals surface area contributed by atoms with Crippen LogP contribution in [0.1, 0.15) is 43.7 Å². The van der Waals surface area contributed by atoms with Gasteiger partial charge in [-0.3, -0.25) is 4.79 Å². The molecule has 1 heterocycles. The molecule has 1 aromatic carbocycles. The summed E-state index contributed by atoms with van der Waals surface area (Å²) in [5.41, 5.74) is 3.54. The number of carbonyl (C=O) groups is 1. The van der Waals surface area contributed by atoms with Gasteiger partial charge in [0.15, 0.2) is 0 Å². The first kappa shape index (κ1) is 13.8. The Balaban J connectivity index is 1.43. The van der Waals surface area contributed by atoms with E-state index in [1.54, 1.807) is 11.6 Å². The first-order valence-electron chi connectivity index (χ1n) is 8.81. The van der Waals surface area contributed by atoms with Gasteiger partial charge in [0.05, 0.1) is 5.41 Å². The molecule has 1 aromatic rings. The van der Waals surface area contributed by atoms with E-state index in [9.17, 15) is 9.18 Å². The third-order valence-corrected chi connectivity index (χ3v) is 6.65. The Morgan fingerprint density at radius 3 is 2.91 bits per heavy atom. The summed E-state index contributed by atoms with van der Waals surface area (Å²) in [5, 5.41) is 0. The number of rotatable bonds is 1. The molecule has 0 spiro atoms. The van der Waals surface area contributed by atoms with Crippen molar-refractivity contribution < 1.29 is 9.18 Å². The summed E-state index contributed by atoms with van der Waals surface area (Å²) in [6.07, 6.45) is 6.76. The Hall–Kier alpha value is -1.64. The van der Waals surface area contributed by atoms with E-state index < -0.39 is 0 Å². The zero-order valence-electron chi connectivity index (χ0n) is 13.5. The first-order valence-corrected chi connectivity index (χ1v) is 8.81. The lowest BCUT2D eigenvalue weighted by Crippen LogP contribution is -2.41. The van der Waals surface area contributed by atoms with Crippen LogP contribution in [0.25, 0.3) is 0 Å². The number of amides is 1. The molecule has 3 aliphatic carbocycles. The van der Waals surface area contributed by atoms with Crippen LogP contribution in [0.2, 0.25) is 0 Å². The highest BCUT2D eigenvalue weighted by atomic mass is 19.1. The van der Waals surface area contributed by atoms with Crippen molar-refractivity contribution in [2.24, 2.45) is 23.2 Å². The van der Waals surface area contributed by atoms with Gasteiger partial charge in [-0.15, -0.1) is 0 Å². The van der Waals surface area contributed by atoms with Crippen molar-refractivity contribution in [2.45, 2.75) is 45.7 Å². The number of benzene rings is 1. The minimum absolute atomic E-state index is 0.163. The second-order valence-electron chi connectivity index (χ2n) is 8.26. The van der Waals surface area contributed by atoms with Gasteiger partial charge in [-0.1, -0.05) is 24.6 Å². The number of allylic oxidation sites excluding steroid dienone is 2. The summed E-state index contributed by atoms with van der Waals surface area (Å²) in [5.74, 6) is 2.03. The molecule has 1 aliphatic heterocycles. The largest absolute Gasteiger partial charge is 0.334 e. The van der Waals surface area contributed by atoms with E-state index in [1.807, 2.05) is 11.0 Å². The molecule has 5 rings (SSSR count). The minimum atomic E-state index is -0.202. The van der Waals surface area contributed by atoms with Crippen LogP contribution < -0.4 is 0 Å². The third kappa shape index (κ3) is 1.88. The van der Waals surface area contributed by atoms with E-state index in [2.05, 4.69) is 13.0 Å². The van der Waals surface area contributed by atoms with E-state index in [4.69, 9.17) is 0 Å². The lowest BCUT2D eigenvalue weighted by molar-refractivity contribution is -0.143. The normalized spacial score (nSPS) is 37.0. The van der Waals surface area contributed by atoms with Crippen LogP contribution in [-0.2, 0) is 17.9 Å². The highest BCUT2D eigenvalue weighted by Gasteiger charge is 2.57. The van der Waals surface area contributed by atoms with Gasteiger partial charge < -0.3 is 4.90 Å². The summed E-state index contributed by atoms with van der Waals surface area (Å²) in [7, 11) is 0. The number of hydrogen-bond acceptors (Lipinski definition) is 1. The van der Waals surface area contributed by atoms with E-state index >= 15 is 0 Å². The maximum atomic E-state index is 13.4. The van der Waals surface area contributed by atoms with Gasteiger partial charge in [0.1, 0.15) is 5.82 Å². The van der Waals surface area contributed by atoms with Crippen LogP contribution >= 0.6 is 0 Å². The zero-order valence-corrected chi connectivity index (χ0v) is 13.5. The number of halogens is 1. The average Bonchev–Trinajstić information content (AvgIpc) is 2.99. The Kier molecular flexibility index (Phi) is 2.67. The van der Waals surface area contributed by atoms with Crippen molar-refractivity contribution >= 4 is 5.91 Å². The molecule has 1 amide bonds. The van der Waals surface area contributed by atoms with Crippen LogP contribution in [0.15, 0.2) is 29.8 Å². The van der Waals surface area contributed by atoms with Crippen molar-refractivity contribution in [1.29, 1.82) is 0 Å². The second-order valence-corrected chi connectivity index (χ2v) is 8.26. The van der Waals surface area contributed by atoms with Crippen molar-refractivity contribution in [3.63, 3.8) is 0 Å². The monoisotopic (exact) mass is 311 g/mol. The summed E-state index contributed by atoms with van der Waals surface area (Å²) in [6.45, 7) is 3.49. The van der Waals surface area contributed by atoms with Gasteiger partial charge >= 0.3 is 0 Å². The molecular formula is C20H22FNO. The van der Waals surface area contributed by atoms with Gasteiger partial charge in [-0.2, -0.15) is 0 Å². The molecule has 0 radical (unpaired) electrons. The lowest BCUT2D eigenvalue weighted by atomic mass is 9.69. The molecule has 4 aliphatic rings. The summed E-state index contributed by atoms with van der Waals surface area (Å²) < 4.78 is 13.4. The number of nitrogens with zero attached hydrogens (tertiary/aromatic N) is 1. The molecule has 23 heavy (non-hydrogen) atoms. The van der Waals surface area contributed by atoms with Crippen LogP contribution in [0, 0.1) is 29.0 Å². The van der Waals surface area contributed by atoms with Crippen molar-refractivity contribution in [2.75, 3.05) is 0 Å². The number of hydrogen-bond donors (Lipinski definition) is 0. The van der Waals surface area contributed by atoms with Gasteiger partial charge in [0, 0.05) is 13.1 Å². The molecular weight excluding hydrogens is 289 g/mol. The Morgan fingerprint density at radius 1 is 1.22 bits per heavy atom. The fourth-order valence-corrected chi connectivity index (χ4v) is 5.76. The van der Waals surface area contributed by atoms with E-state index in [1.165, 1.54) is 12.5 Å². The number of fused-ring (bicyclic) bond motifs is 2. The maximum Gasteiger partial charge on any atom is 0.229 e. The van der Waals surface area contributed by atoms with Crippen molar-refractivity contribution in [3.8, 4) is 0 Å². The van der Waals surface area contributed by atoms with Gasteiger partial charge in [0.2, 0.25) is 5.91 Å². The van der Waals surface area contributed by atoms with Crippen LogP contribution in [0.4, 0.5) is 4.39 Å². The Bertz CT molecular complexity index is 739. The van der Waals surface area contributed by atoms with Crippen molar-refractivity contribution in [1.82, 2.24) is 4.90 Å². The molecule has 2 nitrogen and oxygen atoms in total. The summed E-state index contributed by atoms with van der Waals surface area (Å²) >= 11 is 0. The van der Waals surface area contributed by atoms with Crippen LogP contribution in [-0.4, -0.2) is 10.8 Å². The molecule has 2 saturated carbocycles.